The zero-order chi connectivity index (χ0) is 5.98. The Balaban J connectivity index is 2.63. The highest BCUT2D eigenvalue weighted by Crippen LogP contribution is 2.12. The Bertz CT molecular complexity index is 137. The molecule has 0 aliphatic carbocycles. The molecule has 0 fully saturated rings. The SMILES string of the molecule is CC1=NC(I)CC=C1. The molecular weight excluding hydrogens is 213 g/mol. The van der Waals surface area contributed by atoms with Crippen LogP contribution in [-0.4, -0.2) is 9.76 Å². The molecule has 0 amide bonds. The number of nitrogens with zero attached hydrogens (tertiary/aromatic N) is 1. The topological polar surface area (TPSA) is 12.4 Å². The Morgan fingerprint density at radius 2 is 2.62 bits per heavy atom. The minimum absolute atomic E-state index is 0.484. The summed E-state index contributed by atoms with van der Waals surface area (Å²) in [6.45, 7) is 2.03. The maximum absolute atomic E-state index is 4.30. The number of allylic oxidation sites excluding steroid dienone is 1. The Hall–Kier alpha value is 0.140. The summed E-state index contributed by atoms with van der Waals surface area (Å²) in [5, 5.41) is 0. The van der Waals surface area contributed by atoms with Crippen LogP contribution in [0.25, 0.3) is 0 Å². The van der Waals surface area contributed by atoms with Gasteiger partial charge in [0.1, 0.15) is 4.05 Å². The summed E-state index contributed by atoms with van der Waals surface area (Å²) in [6.07, 6.45) is 5.33. The van der Waals surface area contributed by atoms with Crippen LogP contribution >= 0.6 is 22.6 Å². The van der Waals surface area contributed by atoms with Crippen LogP contribution in [0.15, 0.2) is 17.1 Å². The molecule has 0 aromatic carbocycles. The summed E-state index contributed by atoms with van der Waals surface area (Å²) in [7, 11) is 0. The van der Waals surface area contributed by atoms with Gasteiger partial charge in [-0.2, -0.15) is 0 Å². The lowest BCUT2D eigenvalue weighted by atomic mass is 10.2. The van der Waals surface area contributed by atoms with E-state index in [0.717, 1.165) is 12.1 Å². The number of halogens is 1. The molecule has 1 heterocycles. The fourth-order valence-corrected chi connectivity index (χ4v) is 1.40. The zero-order valence-corrected chi connectivity index (χ0v) is 6.92. The van der Waals surface area contributed by atoms with E-state index in [2.05, 4.69) is 39.7 Å². The van der Waals surface area contributed by atoms with Crippen molar-refractivity contribution in [3.05, 3.63) is 12.2 Å². The van der Waals surface area contributed by atoms with E-state index in [-0.39, 0.29) is 0 Å². The highest BCUT2D eigenvalue weighted by Gasteiger charge is 2.01. The van der Waals surface area contributed by atoms with Gasteiger partial charge in [-0.1, -0.05) is 28.7 Å². The van der Waals surface area contributed by atoms with Crippen molar-refractivity contribution < 1.29 is 0 Å². The van der Waals surface area contributed by atoms with E-state index in [9.17, 15) is 0 Å². The predicted octanol–water partition coefficient (Wildman–Crippen LogP) is 2.17. The monoisotopic (exact) mass is 221 g/mol. The van der Waals surface area contributed by atoms with E-state index in [1.807, 2.05) is 6.92 Å². The minimum Gasteiger partial charge on any atom is -0.276 e. The number of hydrogen-bond acceptors (Lipinski definition) is 1. The first kappa shape index (κ1) is 6.26. The van der Waals surface area contributed by atoms with Crippen molar-refractivity contribution in [1.29, 1.82) is 0 Å². The molecule has 0 aromatic heterocycles. The third-order valence-corrected chi connectivity index (χ3v) is 1.82. The number of rotatable bonds is 0. The van der Waals surface area contributed by atoms with E-state index in [1.54, 1.807) is 0 Å². The van der Waals surface area contributed by atoms with Gasteiger partial charge in [0.15, 0.2) is 0 Å². The molecule has 0 saturated heterocycles. The van der Waals surface area contributed by atoms with Crippen LogP contribution in [0, 0.1) is 0 Å². The quantitative estimate of drug-likeness (QED) is 0.337. The van der Waals surface area contributed by atoms with E-state index in [4.69, 9.17) is 0 Å². The molecule has 1 rings (SSSR count). The maximum atomic E-state index is 4.30. The van der Waals surface area contributed by atoms with E-state index < -0.39 is 0 Å². The van der Waals surface area contributed by atoms with E-state index in [1.165, 1.54) is 0 Å². The van der Waals surface area contributed by atoms with Gasteiger partial charge in [0, 0.05) is 5.71 Å². The van der Waals surface area contributed by atoms with Crippen molar-refractivity contribution in [3.63, 3.8) is 0 Å². The van der Waals surface area contributed by atoms with Crippen LogP contribution < -0.4 is 0 Å². The Labute approximate surface area is 63.0 Å². The predicted molar refractivity (Wildman–Crippen MR) is 44.7 cm³/mol. The minimum atomic E-state index is 0.484. The summed E-state index contributed by atoms with van der Waals surface area (Å²) in [5.41, 5.74) is 1.15. The van der Waals surface area contributed by atoms with E-state index in [0.29, 0.717) is 4.05 Å². The smallest absolute Gasteiger partial charge is 0.105 e. The van der Waals surface area contributed by atoms with Crippen molar-refractivity contribution in [1.82, 2.24) is 0 Å². The summed E-state index contributed by atoms with van der Waals surface area (Å²) < 4.78 is 0.484. The molecule has 0 aromatic rings. The normalized spacial score (nSPS) is 27.8. The number of hydrogen-bond donors (Lipinski definition) is 0. The second-order valence-electron chi connectivity index (χ2n) is 1.84. The zero-order valence-electron chi connectivity index (χ0n) is 4.76. The third-order valence-electron chi connectivity index (χ3n) is 1.03. The summed E-state index contributed by atoms with van der Waals surface area (Å²) in [6, 6.07) is 0. The van der Waals surface area contributed by atoms with Gasteiger partial charge < -0.3 is 0 Å². The lowest BCUT2D eigenvalue weighted by Gasteiger charge is -2.05. The molecule has 1 nitrogen and oxygen atoms in total. The van der Waals surface area contributed by atoms with Gasteiger partial charge in [-0.15, -0.1) is 0 Å². The second kappa shape index (κ2) is 2.62. The average Bonchev–Trinajstić information content (AvgIpc) is 1.64. The van der Waals surface area contributed by atoms with Gasteiger partial charge in [-0.25, -0.2) is 0 Å². The Morgan fingerprint density at radius 1 is 1.88 bits per heavy atom. The molecule has 1 unspecified atom stereocenters. The van der Waals surface area contributed by atoms with Gasteiger partial charge >= 0.3 is 0 Å². The second-order valence-corrected chi connectivity index (χ2v) is 3.28. The molecule has 0 bridgehead atoms. The molecule has 0 saturated carbocycles. The Kier molecular flexibility index (Phi) is 2.05. The molecule has 8 heavy (non-hydrogen) atoms. The van der Waals surface area contributed by atoms with Gasteiger partial charge in [-0.05, 0) is 19.4 Å². The lowest BCUT2D eigenvalue weighted by molar-refractivity contribution is 0.957. The molecule has 1 aliphatic rings. The first-order valence-corrected chi connectivity index (χ1v) is 3.88. The number of aliphatic imine (C=N–C) groups is 1. The molecule has 1 atom stereocenters. The van der Waals surface area contributed by atoms with Crippen molar-refractivity contribution in [2.75, 3.05) is 0 Å². The van der Waals surface area contributed by atoms with Crippen molar-refractivity contribution in [3.8, 4) is 0 Å². The van der Waals surface area contributed by atoms with Crippen LogP contribution in [0.2, 0.25) is 0 Å². The van der Waals surface area contributed by atoms with E-state index >= 15 is 0 Å². The average molecular weight is 221 g/mol. The lowest BCUT2D eigenvalue weighted by Crippen LogP contribution is -2.00. The largest absolute Gasteiger partial charge is 0.276 e. The summed E-state index contributed by atoms with van der Waals surface area (Å²) in [4.78, 5) is 4.30. The molecule has 0 N–H and O–H groups in total. The fraction of sp³-hybridized carbons (Fsp3) is 0.500. The van der Waals surface area contributed by atoms with Crippen LogP contribution in [0.5, 0.6) is 0 Å². The summed E-state index contributed by atoms with van der Waals surface area (Å²) >= 11 is 2.33. The van der Waals surface area contributed by atoms with Crippen molar-refractivity contribution in [2.45, 2.75) is 17.4 Å². The fourth-order valence-electron chi connectivity index (χ4n) is 0.668. The Morgan fingerprint density at radius 3 is 3.00 bits per heavy atom. The molecule has 1 aliphatic heterocycles. The first-order valence-electron chi connectivity index (χ1n) is 2.64. The highest BCUT2D eigenvalue weighted by molar-refractivity contribution is 14.1. The van der Waals surface area contributed by atoms with Crippen LogP contribution in [0.4, 0.5) is 0 Å². The molecular formula is C6H8IN. The first-order chi connectivity index (χ1) is 3.79. The van der Waals surface area contributed by atoms with Gasteiger partial charge in [0.25, 0.3) is 0 Å². The molecule has 44 valence electrons. The van der Waals surface area contributed by atoms with Crippen LogP contribution in [-0.2, 0) is 0 Å². The maximum Gasteiger partial charge on any atom is 0.105 e. The molecule has 0 spiro atoms. The van der Waals surface area contributed by atoms with Crippen LogP contribution in [0.3, 0.4) is 0 Å². The number of alkyl halides is 1. The van der Waals surface area contributed by atoms with Crippen molar-refractivity contribution in [2.24, 2.45) is 4.99 Å². The van der Waals surface area contributed by atoms with Gasteiger partial charge in [0.05, 0.1) is 0 Å². The number of dihydropyridines is 1. The summed E-state index contributed by atoms with van der Waals surface area (Å²) in [5.74, 6) is 0. The third kappa shape index (κ3) is 1.58. The van der Waals surface area contributed by atoms with Gasteiger partial charge in [-0.3, -0.25) is 4.99 Å². The van der Waals surface area contributed by atoms with Crippen molar-refractivity contribution >= 4 is 28.3 Å². The van der Waals surface area contributed by atoms with Gasteiger partial charge in [0.2, 0.25) is 0 Å². The molecule has 0 radical (unpaired) electrons. The molecule has 2 heteroatoms. The standard InChI is InChI=1S/C6H8IN/c1-5-3-2-4-6(7)8-5/h2-3,6H,4H2,1H3. The van der Waals surface area contributed by atoms with Crippen LogP contribution in [0.1, 0.15) is 13.3 Å². The highest BCUT2D eigenvalue weighted by atomic mass is 127.